The molecule has 2 aromatic carbocycles. The van der Waals surface area contributed by atoms with Gasteiger partial charge in [0.2, 0.25) is 11.8 Å². The maximum Gasteiger partial charge on any atom is 0.220 e. The molecule has 29 heavy (non-hydrogen) atoms. The summed E-state index contributed by atoms with van der Waals surface area (Å²) in [5, 5.41) is 7.96. The Balaban J connectivity index is 1.37. The van der Waals surface area contributed by atoms with Crippen LogP contribution < -0.4 is 10.6 Å². The average molecular weight is 410 g/mol. The molecule has 1 aromatic heterocycles. The normalized spacial score (nSPS) is 18.7. The summed E-state index contributed by atoms with van der Waals surface area (Å²) in [7, 11) is 0. The van der Waals surface area contributed by atoms with Crippen LogP contribution in [-0.4, -0.2) is 22.3 Å². The third-order valence-electron chi connectivity index (χ3n) is 5.68. The molecular formula is C23H24ClN3O2. The van der Waals surface area contributed by atoms with Gasteiger partial charge >= 0.3 is 0 Å². The van der Waals surface area contributed by atoms with Crippen LogP contribution in [0.2, 0.25) is 5.02 Å². The van der Waals surface area contributed by atoms with Crippen LogP contribution in [0.3, 0.4) is 0 Å². The Bertz CT molecular complexity index is 1030. The van der Waals surface area contributed by atoms with Crippen LogP contribution in [0.4, 0.5) is 0 Å². The molecule has 2 amide bonds. The van der Waals surface area contributed by atoms with Crippen LogP contribution in [-0.2, 0) is 22.6 Å². The standard InChI is InChI=1S/C23H24ClN3O2/c24-18-6-4-16(5-7-18)14-23(12-9-22(29)27-23)11-8-21(28)26-15-17-2-1-3-20-19(17)10-13-25-20/h1-7,10,13,25H,8-9,11-12,14-15H2,(H,26,28)(H,27,29). The Morgan fingerprint density at radius 3 is 2.72 bits per heavy atom. The van der Waals surface area contributed by atoms with Gasteiger partial charge in [0.25, 0.3) is 0 Å². The van der Waals surface area contributed by atoms with Gasteiger partial charge < -0.3 is 15.6 Å². The van der Waals surface area contributed by atoms with E-state index < -0.39 is 0 Å². The number of halogens is 1. The minimum Gasteiger partial charge on any atom is -0.361 e. The molecule has 1 fully saturated rings. The van der Waals surface area contributed by atoms with Gasteiger partial charge in [-0.1, -0.05) is 35.9 Å². The summed E-state index contributed by atoms with van der Waals surface area (Å²) in [5.74, 6) is 0.0488. The Kier molecular flexibility index (Phi) is 5.58. The SMILES string of the molecule is O=C(CCC1(Cc2ccc(Cl)cc2)CCC(=O)N1)NCc1cccc2[nH]ccc12. The van der Waals surface area contributed by atoms with E-state index in [9.17, 15) is 9.59 Å². The first-order valence-electron chi connectivity index (χ1n) is 9.90. The maximum absolute atomic E-state index is 12.5. The van der Waals surface area contributed by atoms with Crippen LogP contribution in [0.1, 0.15) is 36.8 Å². The Morgan fingerprint density at radius 2 is 1.97 bits per heavy atom. The minimum absolute atomic E-state index is 0.00540. The van der Waals surface area contributed by atoms with E-state index in [0.717, 1.165) is 28.5 Å². The fraction of sp³-hybridized carbons (Fsp3) is 0.304. The van der Waals surface area contributed by atoms with Crippen LogP contribution in [0, 0.1) is 0 Å². The fourth-order valence-corrected chi connectivity index (χ4v) is 4.24. The van der Waals surface area contributed by atoms with E-state index in [4.69, 9.17) is 11.6 Å². The van der Waals surface area contributed by atoms with Crippen LogP contribution in [0.5, 0.6) is 0 Å². The molecule has 1 atom stereocenters. The summed E-state index contributed by atoms with van der Waals surface area (Å²) in [6.45, 7) is 0.491. The van der Waals surface area contributed by atoms with Crippen molar-refractivity contribution in [3.05, 3.63) is 70.9 Å². The molecule has 0 spiro atoms. The van der Waals surface area contributed by atoms with Crippen molar-refractivity contribution in [1.29, 1.82) is 0 Å². The van der Waals surface area contributed by atoms with E-state index in [2.05, 4.69) is 15.6 Å². The van der Waals surface area contributed by atoms with Crippen molar-refractivity contribution in [1.82, 2.24) is 15.6 Å². The van der Waals surface area contributed by atoms with Gasteiger partial charge in [-0.25, -0.2) is 0 Å². The van der Waals surface area contributed by atoms with Crippen molar-refractivity contribution in [3.8, 4) is 0 Å². The molecule has 2 heterocycles. The number of aromatic nitrogens is 1. The molecule has 6 heteroatoms. The summed E-state index contributed by atoms with van der Waals surface area (Å²) in [4.78, 5) is 27.6. The molecule has 0 saturated carbocycles. The topological polar surface area (TPSA) is 74.0 Å². The maximum atomic E-state index is 12.5. The Labute approximate surface area is 174 Å². The molecule has 0 radical (unpaired) electrons. The van der Waals surface area contributed by atoms with Crippen molar-refractivity contribution in [2.45, 2.75) is 44.2 Å². The second-order valence-electron chi connectivity index (χ2n) is 7.76. The third kappa shape index (κ3) is 4.62. The smallest absolute Gasteiger partial charge is 0.220 e. The highest BCUT2D eigenvalue weighted by molar-refractivity contribution is 6.30. The van der Waals surface area contributed by atoms with Crippen LogP contribution in [0.15, 0.2) is 54.7 Å². The molecule has 0 aliphatic carbocycles. The molecule has 1 saturated heterocycles. The molecule has 150 valence electrons. The molecule has 5 nitrogen and oxygen atoms in total. The highest BCUT2D eigenvalue weighted by Gasteiger charge is 2.37. The lowest BCUT2D eigenvalue weighted by atomic mass is 9.85. The second-order valence-corrected chi connectivity index (χ2v) is 8.20. The van der Waals surface area contributed by atoms with E-state index in [0.29, 0.717) is 37.3 Å². The van der Waals surface area contributed by atoms with Crippen molar-refractivity contribution < 1.29 is 9.59 Å². The Morgan fingerprint density at radius 1 is 1.14 bits per heavy atom. The first-order chi connectivity index (χ1) is 14.0. The first kappa shape index (κ1) is 19.5. The van der Waals surface area contributed by atoms with E-state index in [1.165, 1.54) is 0 Å². The summed E-state index contributed by atoms with van der Waals surface area (Å²) >= 11 is 5.98. The van der Waals surface area contributed by atoms with E-state index in [-0.39, 0.29) is 17.4 Å². The molecule has 1 unspecified atom stereocenters. The van der Waals surface area contributed by atoms with Gasteiger partial charge in [-0.05, 0) is 54.7 Å². The van der Waals surface area contributed by atoms with E-state index in [1.807, 2.05) is 54.7 Å². The van der Waals surface area contributed by atoms with Crippen molar-refractivity contribution in [2.75, 3.05) is 0 Å². The zero-order valence-electron chi connectivity index (χ0n) is 16.1. The van der Waals surface area contributed by atoms with Gasteiger partial charge in [-0.15, -0.1) is 0 Å². The number of carbonyl (C=O) groups is 2. The van der Waals surface area contributed by atoms with Crippen molar-refractivity contribution in [3.63, 3.8) is 0 Å². The number of H-pyrrole nitrogens is 1. The summed E-state index contributed by atoms with van der Waals surface area (Å²) < 4.78 is 0. The number of rotatable bonds is 7. The lowest BCUT2D eigenvalue weighted by Crippen LogP contribution is -2.44. The fourth-order valence-electron chi connectivity index (χ4n) is 4.11. The molecule has 3 aromatic rings. The number of hydrogen-bond donors (Lipinski definition) is 3. The van der Waals surface area contributed by atoms with Crippen LogP contribution >= 0.6 is 11.6 Å². The monoisotopic (exact) mass is 409 g/mol. The largest absolute Gasteiger partial charge is 0.361 e. The molecule has 0 bridgehead atoms. The third-order valence-corrected chi connectivity index (χ3v) is 5.93. The zero-order valence-corrected chi connectivity index (χ0v) is 16.9. The van der Waals surface area contributed by atoms with Gasteiger partial charge in [-0.2, -0.15) is 0 Å². The molecule has 3 N–H and O–H groups in total. The van der Waals surface area contributed by atoms with Gasteiger partial charge in [0, 0.05) is 47.0 Å². The molecule has 4 rings (SSSR count). The number of aromatic amines is 1. The summed E-state index contributed by atoms with van der Waals surface area (Å²) in [6.07, 6.45) is 4.83. The van der Waals surface area contributed by atoms with E-state index in [1.54, 1.807) is 0 Å². The van der Waals surface area contributed by atoms with Gasteiger partial charge in [-0.3, -0.25) is 9.59 Å². The summed E-state index contributed by atoms with van der Waals surface area (Å²) in [6, 6.07) is 15.7. The number of carbonyl (C=O) groups excluding carboxylic acids is 2. The lowest BCUT2D eigenvalue weighted by molar-refractivity contribution is -0.122. The number of benzene rings is 2. The van der Waals surface area contributed by atoms with Gasteiger partial charge in [0.15, 0.2) is 0 Å². The summed E-state index contributed by atoms with van der Waals surface area (Å²) in [5.41, 5.74) is 2.88. The van der Waals surface area contributed by atoms with Crippen LogP contribution in [0.25, 0.3) is 10.9 Å². The Hall–Kier alpha value is -2.79. The molecule has 1 aliphatic heterocycles. The van der Waals surface area contributed by atoms with E-state index >= 15 is 0 Å². The lowest BCUT2D eigenvalue weighted by Gasteiger charge is -2.29. The quantitative estimate of drug-likeness (QED) is 0.549. The van der Waals surface area contributed by atoms with Crippen molar-refractivity contribution in [2.24, 2.45) is 0 Å². The number of fused-ring (bicyclic) bond motifs is 1. The average Bonchev–Trinajstić information content (AvgIpc) is 3.34. The van der Waals surface area contributed by atoms with Crippen molar-refractivity contribution >= 4 is 34.3 Å². The molecule has 1 aliphatic rings. The zero-order chi connectivity index (χ0) is 20.3. The minimum atomic E-state index is -0.372. The highest BCUT2D eigenvalue weighted by Crippen LogP contribution is 2.30. The van der Waals surface area contributed by atoms with Gasteiger partial charge in [0.05, 0.1) is 0 Å². The highest BCUT2D eigenvalue weighted by atomic mass is 35.5. The first-order valence-corrected chi connectivity index (χ1v) is 10.3. The van der Waals surface area contributed by atoms with Gasteiger partial charge in [0.1, 0.15) is 0 Å². The second kappa shape index (κ2) is 8.29. The number of nitrogens with one attached hydrogen (secondary N) is 3. The predicted octanol–water partition coefficient (Wildman–Crippen LogP) is 4.11. The predicted molar refractivity (Wildman–Crippen MR) is 115 cm³/mol. The number of amides is 2. The molecular weight excluding hydrogens is 386 g/mol. The number of hydrogen-bond acceptors (Lipinski definition) is 2.